The maximum atomic E-state index is 13.1. The molecule has 0 aromatic heterocycles. The Hall–Kier alpha value is -4.88. The highest BCUT2D eigenvalue weighted by Gasteiger charge is 2.31. The van der Waals surface area contributed by atoms with E-state index >= 15 is 0 Å². The number of carboxylic acids is 2. The summed E-state index contributed by atoms with van der Waals surface area (Å²) in [7, 11) is 0. The highest BCUT2D eigenvalue weighted by molar-refractivity contribution is 5.95. The van der Waals surface area contributed by atoms with Crippen molar-refractivity contribution in [3.63, 3.8) is 0 Å². The molecule has 0 spiro atoms. The fourth-order valence-electron chi connectivity index (χ4n) is 3.39. The minimum Gasteiger partial charge on any atom is -0.481 e. The summed E-state index contributed by atoms with van der Waals surface area (Å²) in [5.74, 6) is -6.03. The predicted molar refractivity (Wildman–Crippen MR) is 153 cm³/mol. The maximum Gasteiger partial charge on any atom is 0.326 e. The lowest BCUT2D eigenvalue weighted by Gasteiger charge is -2.24. The van der Waals surface area contributed by atoms with Crippen LogP contribution in [0.2, 0.25) is 0 Å². The van der Waals surface area contributed by atoms with Crippen LogP contribution in [0.4, 0.5) is 0 Å². The summed E-state index contributed by atoms with van der Waals surface area (Å²) < 4.78 is 0. The summed E-state index contributed by atoms with van der Waals surface area (Å²) >= 11 is 0. The normalized spacial score (nSPS) is 13.3. The second-order valence-electron chi connectivity index (χ2n) is 9.07. The highest BCUT2D eigenvalue weighted by atomic mass is 16.4. The molecule has 0 bridgehead atoms. The molecule has 0 aromatic rings. The monoisotopic (exact) mass is 601 g/mol. The summed E-state index contributed by atoms with van der Waals surface area (Å²) in [6, 6.07) is -5.41. The van der Waals surface area contributed by atoms with E-state index in [9.17, 15) is 34.2 Å². The SMILES string of the molecule is NC(N)=NCCCC(N)C(=O)NC(CCCN=C(N)N)C(=O)NC(CC(=O)O)C(=O)NC(CCCN=C(N)N)C(=O)O. The number of aliphatic imine (C=N–C) groups is 3. The van der Waals surface area contributed by atoms with Gasteiger partial charge in [0.05, 0.1) is 12.5 Å². The molecule has 0 aliphatic rings. The molecular weight excluding hydrogens is 558 g/mol. The number of guanidine groups is 3. The number of rotatable bonds is 21. The van der Waals surface area contributed by atoms with Gasteiger partial charge in [-0.05, 0) is 38.5 Å². The first-order chi connectivity index (χ1) is 19.6. The van der Waals surface area contributed by atoms with E-state index in [1.165, 1.54) is 0 Å². The highest BCUT2D eigenvalue weighted by Crippen LogP contribution is 2.05. The minimum atomic E-state index is -1.68. The van der Waals surface area contributed by atoms with Gasteiger partial charge in [-0.3, -0.25) is 34.2 Å². The Morgan fingerprint density at radius 3 is 1.38 bits per heavy atom. The van der Waals surface area contributed by atoms with E-state index < -0.39 is 60.2 Å². The Morgan fingerprint density at radius 2 is 0.952 bits per heavy atom. The summed E-state index contributed by atoms with van der Waals surface area (Å²) in [6.45, 7) is 0.421. The molecule has 0 fully saturated rings. The molecule has 3 amide bonds. The van der Waals surface area contributed by atoms with Crippen LogP contribution in [0.3, 0.4) is 0 Å². The van der Waals surface area contributed by atoms with E-state index in [2.05, 4.69) is 30.9 Å². The number of nitrogens with zero attached hydrogens (tertiary/aromatic N) is 3. The largest absolute Gasteiger partial charge is 0.481 e. The topological polar surface area (TPSA) is 381 Å². The van der Waals surface area contributed by atoms with Crippen molar-refractivity contribution in [2.24, 2.45) is 55.1 Å². The molecule has 0 aromatic carbocycles. The van der Waals surface area contributed by atoms with Gasteiger partial charge in [0.2, 0.25) is 17.7 Å². The minimum absolute atomic E-state index is 0.0149. The summed E-state index contributed by atoms with van der Waals surface area (Å²) in [5, 5.41) is 25.7. The molecule has 0 radical (unpaired) electrons. The Balaban J connectivity index is 5.60. The molecular formula is C22H43N13O7. The molecule has 238 valence electrons. The van der Waals surface area contributed by atoms with Gasteiger partial charge in [0.15, 0.2) is 17.9 Å². The number of amides is 3. The molecule has 20 nitrogen and oxygen atoms in total. The number of nitrogens with two attached hydrogens (primary N) is 7. The fraction of sp³-hybridized carbons (Fsp3) is 0.636. The Morgan fingerprint density at radius 1 is 0.571 bits per heavy atom. The number of carbonyl (C=O) groups is 5. The van der Waals surface area contributed by atoms with E-state index in [1.807, 2.05) is 0 Å². The standard InChI is InChI=1S/C22H43N13O7/c23-11(4-1-7-30-20(24)25)16(38)33-12(5-2-8-31-21(26)27)17(39)35-14(10-15(36)37)18(40)34-13(19(41)42)6-3-9-32-22(28)29/h11-14H,1-10,23H2,(H,33,38)(H,34,40)(H,35,39)(H,36,37)(H,41,42)(H4,24,25,30)(H4,26,27,31)(H4,28,29,32). The van der Waals surface area contributed by atoms with Gasteiger partial charge in [-0.2, -0.15) is 0 Å². The van der Waals surface area contributed by atoms with Gasteiger partial charge >= 0.3 is 11.9 Å². The predicted octanol–water partition coefficient (Wildman–Crippen LogP) is -5.51. The molecule has 0 saturated heterocycles. The number of carboxylic acid groups (broad SMARTS) is 2. The molecule has 0 heterocycles. The molecule has 0 saturated carbocycles. The van der Waals surface area contributed by atoms with Crippen LogP contribution >= 0.6 is 0 Å². The van der Waals surface area contributed by atoms with Crippen LogP contribution in [-0.2, 0) is 24.0 Å². The second-order valence-corrected chi connectivity index (χ2v) is 9.07. The number of hydrogen-bond acceptors (Lipinski definition) is 9. The van der Waals surface area contributed by atoms with Gasteiger partial charge in [-0.1, -0.05) is 0 Å². The summed E-state index contributed by atoms with van der Waals surface area (Å²) in [5.41, 5.74) is 37.5. The second kappa shape index (κ2) is 20.1. The zero-order valence-corrected chi connectivity index (χ0v) is 23.2. The van der Waals surface area contributed by atoms with Crippen molar-refractivity contribution >= 4 is 47.5 Å². The van der Waals surface area contributed by atoms with Gasteiger partial charge in [0, 0.05) is 19.6 Å². The van der Waals surface area contributed by atoms with Crippen LogP contribution in [0.1, 0.15) is 44.9 Å². The van der Waals surface area contributed by atoms with E-state index in [1.54, 1.807) is 0 Å². The number of nitrogens with one attached hydrogen (secondary N) is 3. The van der Waals surface area contributed by atoms with Crippen LogP contribution in [0.15, 0.2) is 15.0 Å². The first kappa shape index (κ1) is 37.1. The molecule has 0 aliphatic heterocycles. The van der Waals surface area contributed by atoms with Gasteiger partial charge in [0.25, 0.3) is 0 Å². The van der Waals surface area contributed by atoms with Crippen molar-refractivity contribution in [1.29, 1.82) is 0 Å². The average Bonchev–Trinajstić information content (AvgIpc) is 2.88. The first-order valence-electron chi connectivity index (χ1n) is 12.9. The van der Waals surface area contributed by atoms with Crippen molar-refractivity contribution in [3.05, 3.63) is 0 Å². The van der Waals surface area contributed by atoms with Gasteiger partial charge < -0.3 is 66.3 Å². The average molecular weight is 602 g/mol. The van der Waals surface area contributed by atoms with Crippen molar-refractivity contribution in [3.8, 4) is 0 Å². The third kappa shape index (κ3) is 17.7. The van der Waals surface area contributed by atoms with E-state index in [0.29, 0.717) is 6.42 Å². The fourth-order valence-corrected chi connectivity index (χ4v) is 3.39. The Labute approximate surface area is 242 Å². The van der Waals surface area contributed by atoms with E-state index in [-0.39, 0.29) is 69.6 Å². The van der Waals surface area contributed by atoms with Gasteiger partial charge in [0.1, 0.15) is 18.1 Å². The zero-order chi connectivity index (χ0) is 32.2. The van der Waals surface area contributed by atoms with Crippen molar-refractivity contribution < 1.29 is 34.2 Å². The van der Waals surface area contributed by atoms with Crippen LogP contribution in [-0.4, -0.2) is 102 Å². The molecule has 4 unspecified atom stereocenters. The van der Waals surface area contributed by atoms with Gasteiger partial charge in [-0.25, -0.2) is 4.79 Å². The molecule has 4 atom stereocenters. The summed E-state index contributed by atoms with van der Waals surface area (Å²) in [6.07, 6.45) is -0.0455. The number of aliphatic carboxylic acids is 2. The Kier molecular flexibility index (Phi) is 17.7. The van der Waals surface area contributed by atoms with Crippen molar-refractivity contribution in [2.45, 2.75) is 69.1 Å². The van der Waals surface area contributed by atoms with Crippen LogP contribution in [0, 0.1) is 0 Å². The number of carbonyl (C=O) groups excluding carboxylic acids is 3. The lowest BCUT2D eigenvalue weighted by atomic mass is 10.1. The third-order valence-corrected chi connectivity index (χ3v) is 5.45. The van der Waals surface area contributed by atoms with Crippen LogP contribution < -0.4 is 56.1 Å². The van der Waals surface area contributed by atoms with Crippen molar-refractivity contribution in [1.82, 2.24) is 16.0 Å². The van der Waals surface area contributed by atoms with E-state index in [4.69, 9.17) is 40.1 Å². The third-order valence-electron chi connectivity index (χ3n) is 5.45. The molecule has 42 heavy (non-hydrogen) atoms. The lowest BCUT2D eigenvalue weighted by Crippen LogP contribution is -2.57. The smallest absolute Gasteiger partial charge is 0.326 e. The molecule has 20 heteroatoms. The zero-order valence-electron chi connectivity index (χ0n) is 23.2. The molecule has 0 rings (SSSR count). The Bertz CT molecular complexity index is 1010. The van der Waals surface area contributed by atoms with E-state index in [0.717, 1.165) is 0 Å². The maximum absolute atomic E-state index is 13.1. The lowest BCUT2D eigenvalue weighted by molar-refractivity contribution is -0.143. The first-order valence-corrected chi connectivity index (χ1v) is 12.9. The summed E-state index contributed by atoms with van der Waals surface area (Å²) in [4.78, 5) is 73.0. The van der Waals surface area contributed by atoms with Crippen LogP contribution in [0.25, 0.3) is 0 Å². The quantitative estimate of drug-likeness (QED) is 0.0331. The van der Waals surface area contributed by atoms with Crippen LogP contribution in [0.5, 0.6) is 0 Å². The van der Waals surface area contributed by atoms with Gasteiger partial charge in [-0.15, -0.1) is 0 Å². The molecule has 19 N–H and O–H groups in total. The van der Waals surface area contributed by atoms with Crippen molar-refractivity contribution in [2.75, 3.05) is 19.6 Å². The molecule has 0 aliphatic carbocycles. The number of hydrogen-bond donors (Lipinski definition) is 12.